The van der Waals surface area contributed by atoms with Crippen LogP contribution >= 0.6 is 0 Å². The van der Waals surface area contributed by atoms with Crippen LogP contribution in [0.25, 0.3) is 0 Å². The summed E-state index contributed by atoms with van der Waals surface area (Å²) in [4.78, 5) is 0. The van der Waals surface area contributed by atoms with Crippen LogP contribution in [0.2, 0.25) is 0 Å². The average Bonchev–Trinajstić information content (AvgIpc) is 2.99. The molecule has 160 valence electrons. The summed E-state index contributed by atoms with van der Waals surface area (Å²) in [5, 5.41) is 0. The Bertz CT molecular complexity index is 352. The SMILES string of the molecule is CCCCCCCC/C=C\CCCCCCCCOC[C@@H]1COC(C)(C)O1. The zero-order valence-electron chi connectivity index (χ0n) is 18.5. The van der Waals surface area contributed by atoms with E-state index < -0.39 is 5.79 Å². The molecule has 0 aliphatic carbocycles. The third-order valence-corrected chi connectivity index (χ3v) is 5.17. The third kappa shape index (κ3) is 15.2. The van der Waals surface area contributed by atoms with Gasteiger partial charge in [-0.1, -0.05) is 76.9 Å². The molecular weight excluding hydrogens is 336 g/mol. The van der Waals surface area contributed by atoms with Crippen molar-refractivity contribution in [2.24, 2.45) is 0 Å². The van der Waals surface area contributed by atoms with Gasteiger partial charge in [0, 0.05) is 6.61 Å². The Kier molecular flexibility index (Phi) is 15.1. The minimum Gasteiger partial charge on any atom is -0.379 e. The molecule has 0 aromatic carbocycles. The summed E-state index contributed by atoms with van der Waals surface area (Å²) < 4.78 is 17.0. The molecule has 0 N–H and O–H groups in total. The molecule has 0 spiro atoms. The lowest BCUT2D eigenvalue weighted by Gasteiger charge is -2.17. The van der Waals surface area contributed by atoms with Gasteiger partial charge >= 0.3 is 0 Å². The lowest BCUT2D eigenvalue weighted by Crippen LogP contribution is -2.24. The first kappa shape index (κ1) is 24.7. The first-order valence-corrected chi connectivity index (χ1v) is 11.7. The van der Waals surface area contributed by atoms with Crippen molar-refractivity contribution in [3.05, 3.63) is 12.2 Å². The van der Waals surface area contributed by atoms with Crippen LogP contribution in [0.1, 0.15) is 111 Å². The van der Waals surface area contributed by atoms with Crippen molar-refractivity contribution in [1.82, 2.24) is 0 Å². The van der Waals surface area contributed by atoms with Crippen LogP contribution in [0.3, 0.4) is 0 Å². The molecule has 0 aromatic heterocycles. The number of ether oxygens (including phenoxy) is 3. The van der Waals surface area contributed by atoms with E-state index in [2.05, 4.69) is 19.1 Å². The Morgan fingerprint density at radius 3 is 1.93 bits per heavy atom. The summed E-state index contributed by atoms with van der Waals surface area (Å²) in [5.74, 6) is -0.433. The molecule has 1 saturated heterocycles. The summed E-state index contributed by atoms with van der Waals surface area (Å²) in [6.45, 7) is 8.36. The predicted molar refractivity (Wildman–Crippen MR) is 115 cm³/mol. The molecule has 3 heteroatoms. The van der Waals surface area contributed by atoms with Crippen molar-refractivity contribution in [2.45, 2.75) is 123 Å². The monoisotopic (exact) mass is 382 g/mol. The first-order chi connectivity index (χ1) is 13.1. The Morgan fingerprint density at radius 2 is 1.37 bits per heavy atom. The van der Waals surface area contributed by atoms with Gasteiger partial charge in [0.15, 0.2) is 5.79 Å². The normalized spacial score (nSPS) is 19.3. The Balaban J connectivity index is 1.72. The van der Waals surface area contributed by atoms with Crippen molar-refractivity contribution < 1.29 is 14.2 Å². The molecule has 0 bridgehead atoms. The van der Waals surface area contributed by atoms with E-state index in [4.69, 9.17) is 14.2 Å². The molecule has 0 saturated carbocycles. The second kappa shape index (κ2) is 16.6. The molecule has 1 aliphatic heterocycles. The van der Waals surface area contributed by atoms with Gasteiger partial charge in [-0.2, -0.15) is 0 Å². The van der Waals surface area contributed by atoms with Crippen LogP contribution in [0.4, 0.5) is 0 Å². The van der Waals surface area contributed by atoms with E-state index in [-0.39, 0.29) is 6.10 Å². The highest BCUT2D eigenvalue weighted by atomic mass is 16.7. The highest BCUT2D eigenvalue weighted by Gasteiger charge is 2.32. The van der Waals surface area contributed by atoms with Crippen molar-refractivity contribution in [1.29, 1.82) is 0 Å². The molecule has 1 aliphatic rings. The standard InChI is InChI=1S/C24H46O3/c1-4-5-6-7-8-9-10-11-12-13-14-15-16-17-18-19-20-25-21-23-22-26-24(2,3)27-23/h11-12,23H,4-10,13-22H2,1-3H3/b12-11-/t23-/m1/s1. The van der Waals surface area contributed by atoms with Gasteiger partial charge in [0.05, 0.1) is 13.2 Å². The van der Waals surface area contributed by atoms with Crippen LogP contribution < -0.4 is 0 Å². The van der Waals surface area contributed by atoms with E-state index in [1.807, 2.05) is 13.8 Å². The lowest BCUT2D eigenvalue weighted by atomic mass is 10.1. The zero-order chi connectivity index (χ0) is 19.6. The smallest absolute Gasteiger partial charge is 0.163 e. The van der Waals surface area contributed by atoms with Gasteiger partial charge in [0.25, 0.3) is 0 Å². The van der Waals surface area contributed by atoms with E-state index in [9.17, 15) is 0 Å². The molecule has 0 aromatic rings. The second-order valence-electron chi connectivity index (χ2n) is 8.46. The lowest BCUT2D eigenvalue weighted by molar-refractivity contribution is -0.145. The Morgan fingerprint density at radius 1 is 0.815 bits per heavy atom. The van der Waals surface area contributed by atoms with Crippen LogP contribution in [-0.2, 0) is 14.2 Å². The molecule has 1 rings (SSSR count). The number of unbranched alkanes of at least 4 members (excludes halogenated alkanes) is 12. The summed E-state index contributed by atoms with van der Waals surface area (Å²) in [6, 6.07) is 0. The van der Waals surface area contributed by atoms with Crippen LogP contribution in [0, 0.1) is 0 Å². The van der Waals surface area contributed by atoms with Crippen molar-refractivity contribution in [2.75, 3.05) is 19.8 Å². The van der Waals surface area contributed by atoms with E-state index in [1.165, 1.54) is 83.5 Å². The quantitative estimate of drug-likeness (QED) is 0.185. The maximum atomic E-state index is 5.73. The third-order valence-electron chi connectivity index (χ3n) is 5.17. The molecule has 0 unspecified atom stereocenters. The van der Waals surface area contributed by atoms with Gasteiger partial charge in [0.1, 0.15) is 6.10 Å². The van der Waals surface area contributed by atoms with Crippen LogP contribution in [-0.4, -0.2) is 31.7 Å². The number of hydrogen-bond donors (Lipinski definition) is 0. The zero-order valence-corrected chi connectivity index (χ0v) is 18.5. The van der Waals surface area contributed by atoms with Crippen molar-refractivity contribution in [3.8, 4) is 0 Å². The first-order valence-electron chi connectivity index (χ1n) is 11.7. The van der Waals surface area contributed by atoms with E-state index in [0.29, 0.717) is 13.2 Å². The second-order valence-corrected chi connectivity index (χ2v) is 8.46. The number of rotatable bonds is 18. The maximum absolute atomic E-state index is 5.73. The Hall–Kier alpha value is -0.380. The molecule has 1 heterocycles. The summed E-state index contributed by atoms with van der Waals surface area (Å²) >= 11 is 0. The van der Waals surface area contributed by atoms with Gasteiger partial charge in [-0.3, -0.25) is 0 Å². The van der Waals surface area contributed by atoms with Crippen LogP contribution in [0.5, 0.6) is 0 Å². The van der Waals surface area contributed by atoms with Gasteiger partial charge in [-0.15, -0.1) is 0 Å². The van der Waals surface area contributed by atoms with E-state index in [0.717, 1.165) is 13.0 Å². The van der Waals surface area contributed by atoms with Crippen molar-refractivity contribution >= 4 is 0 Å². The molecule has 0 radical (unpaired) electrons. The fourth-order valence-corrected chi connectivity index (χ4v) is 3.51. The van der Waals surface area contributed by atoms with E-state index in [1.54, 1.807) is 0 Å². The fraction of sp³-hybridized carbons (Fsp3) is 0.917. The number of allylic oxidation sites excluding steroid dienone is 2. The molecule has 1 atom stereocenters. The average molecular weight is 383 g/mol. The topological polar surface area (TPSA) is 27.7 Å². The van der Waals surface area contributed by atoms with Gasteiger partial charge in [-0.25, -0.2) is 0 Å². The fourth-order valence-electron chi connectivity index (χ4n) is 3.51. The maximum Gasteiger partial charge on any atom is 0.163 e. The largest absolute Gasteiger partial charge is 0.379 e. The molecular formula is C24H46O3. The highest BCUT2D eigenvalue weighted by Crippen LogP contribution is 2.22. The summed E-state index contributed by atoms with van der Waals surface area (Å²) in [6.07, 6.45) is 23.7. The van der Waals surface area contributed by atoms with Crippen molar-refractivity contribution in [3.63, 3.8) is 0 Å². The number of hydrogen-bond acceptors (Lipinski definition) is 3. The van der Waals surface area contributed by atoms with Gasteiger partial charge in [0.2, 0.25) is 0 Å². The van der Waals surface area contributed by atoms with Gasteiger partial charge in [-0.05, 0) is 46.0 Å². The molecule has 0 amide bonds. The minimum atomic E-state index is -0.433. The molecule has 27 heavy (non-hydrogen) atoms. The summed E-state index contributed by atoms with van der Waals surface area (Å²) in [7, 11) is 0. The minimum absolute atomic E-state index is 0.106. The highest BCUT2D eigenvalue weighted by molar-refractivity contribution is 4.81. The summed E-state index contributed by atoms with van der Waals surface area (Å²) in [5.41, 5.74) is 0. The predicted octanol–water partition coefficient (Wildman–Crippen LogP) is 7.19. The molecule has 3 nitrogen and oxygen atoms in total. The molecule has 1 fully saturated rings. The van der Waals surface area contributed by atoms with Gasteiger partial charge < -0.3 is 14.2 Å². The van der Waals surface area contributed by atoms with E-state index >= 15 is 0 Å². The van der Waals surface area contributed by atoms with Crippen LogP contribution in [0.15, 0.2) is 12.2 Å². The Labute approximate surface area is 169 Å².